The Hall–Kier alpha value is -2.00. The van der Waals surface area contributed by atoms with Crippen LogP contribution in [-0.4, -0.2) is 37.3 Å². The van der Waals surface area contributed by atoms with Gasteiger partial charge in [0, 0.05) is 18.5 Å². The first kappa shape index (κ1) is 19.8. The van der Waals surface area contributed by atoms with E-state index in [1.807, 2.05) is 16.7 Å². The Kier molecular flexibility index (Phi) is 6.43. The van der Waals surface area contributed by atoms with Crippen LogP contribution >= 0.6 is 34.3 Å². The number of rotatable bonds is 6. The van der Waals surface area contributed by atoms with Gasteiger partial charge in [-0.2, -0.15) is 4.99 Å². The van der Waals surface area contributed by atoms with Crippen molar-refractivity contribution in [3.63, 3.8) is 0 Å². The number of fused-ring (bicyclic) bond motifs is 1. The number of hydrogen-bond donors (Lipinski definition) is 0. The predicted octanol–water partition coefficient (Wildman–Crippen LogP) is 3.52. The number of esters is 1. The molecule has 1 aromatic carbocycles. The fraction of sp³-hybridized carbons (Fsp3) is 0.278. The molecule has 0 unspecified atom stereocenters. The second kappa shape index (κ2) is 8.79. The van der Waals surface area contributed by atoms with Crippen molar-refractivity contribution >= 4 is 56.4 Å². The molecule has 0 saturated carbocycles. The molecule has 2 heterocycles. The molecule has 0 N–H and O–H groups in total. The van der Waals surface area contributed by atoms with Crippen LogP contribution in [0, 0.1) is 0 Å². The summed E-state index contributed by atoms with van der Waals surface area (Å²) in [6.07, 6.45) is 0.198. The van der Waals surface area contributed by atoms with Crippen molar-refractivity contribution in [2.75, 3.05) is 20.8 Å². The third-order valence-corrected chi connectivity index (χ3v) is 6.07. The van der Waals surface area contributed by atoms with Gasteiger partial charge < -0.3 is 14.0 Å². The minimum absolute atomic E-state index is 0.198. The maximum absolute atomic E-state index is 12.4. The maximum Gasteiger partial charge on any atom is 0.337 e. The van der Waals surface area contributed by atoms with Crippen molar-refractivity contribution in [3.8, 4) is 0 Å². The number of methoxy groups -OCH3 is 2. The normalized spacial score (nSPS) is 11.9. The average molecular weight is 425 g/mol. The third-order valence-electron chi connectivity index (χ3n) is 3.80. The summed E-state index contributed by atoms with van der Waals surface area (Å²) < 4.78 is 13.4. The van der Waals surface area contributed by atoms with E-state index >= 15 is 0 Å². The lowest BCUT2D eigenvalue weighted by atomic mass is 10.2. The molecule has 0 aliphatic carbocycles. The standard InChI is InChI=1S/C18H17ClN2O4S2/c1-24-8-7-21-13-5-3-11(17(23)25-2)9-14(13)27-18(21)20-16(22)10-12-4-6-15(19)26-12/h3-6,9H,7-8,10H2,1-2H3. The third kappa shape index (κ3) is 4.65. The highest BCUT2D eigenvalue weighted by Crippen LogP contribution is 2.22. The number of thiazole rings is 1. The summed E-state index contributed by atoms with van der Waals surface area (Å²) in [6, 6.07) is 8.87. The smallest absolute Gasteiger partial charge is 0.337 e. The molecule has 0 aliphatic heterocycles. The van der Waals surface area contributed by atoms with Crippen LogP contribution < -0.4 is 4.80 Å². The number of carbonyl (C=O) groups is 2. The van der Waals surface area contributed by atoms with E-state index in [2.05, 4.69) is 4.99 Å². The van der Waals surface area contributed by atoms with Crippen molar-refractivity contribution < 1.29 is 19.1 Å². The van der Waals surface area contributed by atoms with Crippen LogP contribution in [0.1, 0.15) is 15.2 Å². The fourth-order valence-corrected chi connectivity index (χ4v) is 4.74. The largest absolute Gasteiger partial charge is 0.465 e. The van der Waals surface area contributed by atoms with Gasteiger partial charge in [-0.15, -0.1) is 11.3 Å². The van der Waals surface area contributed by atoms with Gasteiger partial charge in [-0.25, -0.2) is 4.79 Å². The molecular formula is C18H17ClN2O4S2. The molecule has 0 radical (unpaired) electrons. The number of aromatic nitrogens is 1. The monoisotopic (exact) mass is 424 g/mol. The van der Waals surface area contributed by atoms with Crippen LogP contribution in [-0.2, 0) is 27.2 Å². The average Bonchev–Trinajstić information content (AvgIpc) is 3.21. The lowest BCUT2D eigenvalue weighted by Gasteiger charge is -2.05. The zero-order chi connectivity index (χ0) is 19.4. The van der Waals surface area contributed by atoms with Crippen LogP contribution in [0.4, 0.5) is 0 Å². The van der Waals surface area contributed by atoms with E-state index in [1.165, 1.54) is 29.8 Å². The molecule has 9 heteroatoms. The maximum atomic E-state index is 12.4. The molecule has 1 amide bonds. The lowest BCUT2D eigenvalue weighted by Crippen LogP contribution is -2.19. The first-order valence-corrected chi connectivity index (χ1v) is 10.1. The fourth-order valence-electron chi connectivity index (χ4n) is 2.54. The van der Waals surface area contributed by atoms with Crippen molar-refractivity contribution in [2.24, 2.45) is 4.99 Å². The van der Waals surface area contributed by atoms with E-state index in [0.717, 1.165) is 15.1 Å². The van der Waals surface area contributed by atoms with Crippen molar-refractivity contribution in [1.82, 2.24) is 4.57 Å². The number of nitrogens with zero attached hydrogens (tertiary/aromatic N) is 2. The highest BCUT2D eigenvalue weighted by molar-refractivity contribution is 7.16. The van der Waals surface area contributed by atoms with E-state index in [-0.39, 0.29) is 12.3 Å². The van der Waals surface area contributed by atoms with Crippen LogP contribution in [0.3, 0.4) is 0 Å². The number of carbonyl (C=O) groups excluding carboxylic acids is 2. The van der Waals surface area contributed by atoms with Crippen LogP contribution in [0.15, 0.2) is 35.3 Å². The Morgan fingerprint density at radius 1 is 1.19 bits per heavy atom. The van der Waals surface area contributed by atoms with Gasteiger partial charge in [0.15, 0.2) is 4.80 Å². The van der Waals surface area contributed by atoms with Crippen LogP contribution in [0.5, 0.6) is 0 Å². The second-order valence-electron chi connectivity index (χ2n) is 5.59. The summed E-state index contributed by atoms with van der Waals surface area (Å²) in [5, 5.41) is 0. The zero-order valence-corrected chi connectivity index (χ0v) is 17.1. The van der Waals surface area contributed by atoms with Gasteiger partial charge in [-0.3, -0.25) is 4.79 Å². The van der Waals surface area contributed by atoms with Gasteiger partial charge in [-0.05, 0) is 30.3 Å². The van der Waals surface area contributed by atoms with Crippen LogP contribution in [0.2, 0.25) is 4.34 Å². The molecule has 0 bridgehead atoms. The van der Waals surface area contributed by atoms with Gasteiger partial charge >= 0.3 is 5.97 Å². The molecule has 0 spiro atoms. The highest BCUT2D eigenvalue weighted by Gasteiger charge is 2.12. The Morgan fingerprint density at radius 3 is 2.67 bits per heavy atom. The topological polar surface area (TPSA) is 69.9 Å². The van der Waals surface area contributed by atoms with Gasteiger partial charge in [0.1, 0.15) is 0 Å². The predicted molar refractivity (Wildman–Crippen MR) is 107 cm³/mol. The summed E-state index contributed by atoms with van der Waals surface area (Å²) >= 11 is 8.63. The summed E-state index contributed by atoms with van der Waals surface area (Å²) in [5.41, 5.74) is 1.34. The van der Waals surface area contributed by atoms with E-state index in [0.29, 0.717) is 27.9 Å². The van der Waals surface area contributed by atoms with Gasteiger partial charge in [0.2, 0.25) is 0 Å². The molecule has 0 atom stereocenters. The number of amides is 1. The minimum Gasteiger partial charge on any atom is -0.465 e. The SMILES string of the molecule is COCCn1c(=NC(=O)Cc2ccc(Cl)s2)sc2cc(C(=O)OC)ccc21. The first-order valence-electron chi connectivity index (χ1n) is 8.04. The zero-order valence-electron chi connectivity index (χ0n) is 14.7. The van der Waals surface area contributed by atoms with E-state index in [1.54, 1.807) is 25.3 Å². The first-order chi connectivity index (χ1) is 13.0. The molecule has 27 heavy (non-hydrogen) atoms. The number of halogens is 1. The molecule has 142 valence electrons. The Morgan fingerprint density at radius 2 is 2.00 bits per heavy atom. The van der Waals surface area contributed by atoms with Gasteiger partial charge in [0.25, 0.3) is 5.91 Å². The molecule has 0 aliphatic rings. The highest BCUT2D eigenvalue weighted by atomic mass is 35.5. The second-order valence-corrected chi connectivity index (χ2v) is 8.40. The molecule has 0 saturated heterocycles. The molecule has 3 rings (SSSR count). The molecule has 3 aromatic rings. The van der Waals surface area contributed by atoms with E-state index < -0.39 is 5.97 Å². The Balaban J connectivity index is 2.00. The van der Waals surface area contributed by atoms with E-state index in [4.69, 9.17) is 21.1 Å². The summed E-state index contributed by atoms with van der Waals surface area (Å²) in [4.78, 5) is 29.9. The summed E-state index contributed by atoms with van der Waals surface area (Å²) in [6.45, 7) is 1.03. The Bertz CT molecular complexity index is 1050. The van der Waals surface area contributed by atoms with Gasteiger partial charge in [-0.1, -0.05) is 22.9 Å². The lowest BCUT2D eigenvalue weighted by molar-refractivity contribution is -0.117. The molecule has 6 nitrogen and oxygen atoms in total. The van der Waals surface area contributed by atoms with Crippen LogP contribution in [0.25, 0.3) is 10.2 Å². The minimum atomic E-state index is -0.405. The summed E-state index contributed by atoms with van der Waals surface area (Å²) in [7, 11) is 2.96. The number of ether oxygens (including phenoxy) is 2. The summed E-state index contributed by atoms with van der Waals surface area (Å²) in [5.74, 6) is -0.655. The molecular weight excluding hydrogens is 408 g/mol. The van der Waals surface area contributed by atoms with Crippen molar-refractivity contribution in [1.29, 1.82) is 0 Å². The van der Waals surface area contributed by atoms with E-state index in [9.17, 15) is 9.59 Å². The van der Waals surface area contributed by atoms with Gasteiger partial charge in [0.05, 0.1) is 40.3 Å². The molecule has 2 aromatic heterocycles. The number of hydrogen-bond acceptors (Lipinski definition) is 6. The van der Waals surface area contributed by atoms with Crippen molar-refractivity contribution in [2.45, 2.75) is 13.0 Å². The molecule has 0 fully saturated rings. The Labute approximate surface area is 168 Å². The quantitative estimate of drug-likeness (QED) is 0.567. The van der Waals surface area contributed by atoms with Crippen molar-refractivity contribution in [3.05, 3.63) is 49.9 Å². The number of thiophene rings is 1. The number of benzene rings is 1.